The maximum Gasteiger partial charge on any atom is -0.00124 e. The van der Waals surface area contributed by atoms with E-state index >= 15 is 0 Å². The molecule has 0 aliphatic rings. The quantitative estimate of drug-likeness (QED) is 0.833. The molecule has 1 nitrogen and oxygen atoms in total. The van der Waals surface area contributed by atoms with Crippen molar-refractivity contribution < 1.29 is 0 Å². The van der Waals surface area contributed by atoms with Gasteiger partial charge in [-0.05, 0) is 47.2 Å². The van der Waals surface area contributed by atoms with E-state index < -0.39 is 0 Å². The topological polar surface area (TPSA) is 12.0 Å². The van der Waals surface area contributed by atoms with Gasteiger partial charge in [0.05, 0.1) is 0 Å². The largest absolute Gasteiger partial charge is 0.317 e. The molecule has 1 N–H and O–H groups in total. The van der Waals surface area contributed by atoms with Gasteiger partial charge >= 0.3 is 0 Å². The highest BCUT2D eigenvalue weighted by molar-refractivity contribution is 5.85. The van der Waals surface area contributed by atoms with Crippen LogP contribution < -0.4 is 5.32 Å². The lowest BCUT2D eigenvalue weighted by Gasteiger charge is -2.31. The smallest absolute Gasteiger partial charge is 0.00124 e. The molecule has 0 aromatic heterocycles. The lowest BCUT2D eigenvalue weighted by atomic mass is 9.76. The van der Waals surface area contributed by atoms with Crippen molar-refractivity contribution in [2.45, 2.75) is 34.1 Å². The molecular formula is C19H27N. The summed E-state index contributed by atoms with van der Waals surface area (Å²) in [7, 11) is 0. The Kier molecular flexibility index (Phi) is 4.82. The van der Waals surface area contributed by atoms with Gasteiger partial charge in [0.1, 0.15) is 0 Å². The number of nitrogens with one attached hydrogen (secondary N) is 1. The van der Waals surface area contributed by atoms with Gasteiger partial charge in [0, 0.05) is 0 Å². The summed E-state index contributed by atoms with van der Waals surface area (Å²) in [5.41, 5.74) is 1.79. The third kappa shape index (κ3) is 3.61. The van der Waals surface area contributed by atoms with Crippen LogP contribution in [0.2, 0.25) is 0 Å². The second kappa shape index (κ2) is 6.41. The molecule has 0 fully saturated rings. The Morgan fingerprint density at radius 2 is 1.70 bits per heavy atom. The SMILES string of the molecule is CCNCC(Cc1cccc2ccccc12)C(C)(C)C. The molecule has 108 valence electrons. The third-order valence-corrected chi connectivity index (χ3v) is 4.21. The van der Waals surface area contributed by atoms with Crippen LogP contribution in [0.25, 0.3) is 10.8 Å². The molecule has 0 saturated carbocycles. The molecular weight excluding hydrogens is 242 g/mol. The van der Waals surface area contributed by atoms with Crippen LogP contribution in [0.4, 0.5) is 0 Å². The Hall–Kier alpha value is -1.34. The minimum atomic E-state index is 0.319. The fourth-order valence-electron chi connectivity index (χ4n) is 2.74. The molecule has 0 spiro atoms. The summed E-state index contributed by atoms with van der Waals surface area (Å²) in [6.07, 6.45) is 1.14. The average Bonchev–Trinajstić information content (AvgIpc) is 2.42. The molecule has 0 saturated heterocycles. The zero-order valence-corrected chi connectivity index (χ0v) is 13.2. The Balaban J connectivity index is 2.28. The summed E-state index contributed by atoms with van der Waals surface area (Å²) < 4.78 is 0. The Morgan fingerprint density at radius 1 is 1.00 bits per heavy atom. The van der Waals surface area contributed by atoms with Crippen molar-refractivity contribution in [3.05, 3.63) is 48.0 Å². The molecule has 0 amide bonds. The first kappa shape index (κ1) is 15.1. The van der Waals surface area contributed by atoms with Gasteiger partial charge in [-0.15, -0.1) is 0 Å². The molecule has 1 unspecified atom stereocenters. The van der Waals surface area contributed by atoms with E-state index in [-0.39, 0.29) is 0 Å². The number of rotatable bonds is 5. The summed E-state index contributed by atoms with van der Waals surface area (Å²) in [6, 6.07) is 15.4. The van der Waals surface area contributed by atoms with Crippen molar-refractivity contribution in [2.24, 2.45) is 11.3 Å². The Morgan fingerprint density at radius 3 is 2.40 bits per heavy atom. The third-order valence-electron chi connectivity index (χ3n) is 4.21. The lowest BCUT2D eigenvalue weighted by Crippen LogP contribution is -2.33. The molecule has 2 aromatic carbocycles. The van der Waals surface area contributed by atoms with E-state index in [1.54, 1.807) is 0 Å². The van der Waals surface area contributed by atoms with Gasteiger partial charge in [0.15, 0.2) is 0 Å². The summed E-state index contributed by atoms with van der Waals surface area (Å²) in [5.74, 6) is 0.647. The molecule has 0 aliphatic heterocycles. The molecule has 2 aromatic rings. The van der Waals surface area contributed by atoms with E-state index in [0.29, 0.717) is 11.3 Å². The fraction of sp³-hybridized carbons (Fsp3) is 0.474. The first-order chi connectivity index (χ1) is 9.52. The molecule has 1 atom stereocenters. The standard InChI is InChI=1S/C19H27N/c1-5-20-14-17(19(2,3)4)13-16-11-8-10-15-9-6-7-12-18(15)16/h6-12,17,20H,5,13-14H2,1-4H3. The van der Waals surface area contributed by atoms with Gasteiger partial charge in [-0.25, -0.2) is 0 Å². The van der Waals surface area contributed by atoms with Crippen LogP contribution >= 0.6 is 0 Å². The van der Waals surface area contributed by atoms with E-state index in [9.17, 15) is 0 Å². The highest BCUT2D eigenvalue weighted by atomic mass is 14.8. The summed E-state index contributed by atoms with van der Waals surface area (Å²) >= 11 is 0. The number of hydrogen-bond donors (Lipinski definition) is 1. The number of hydrogen-bond acceptors (Lipinski definition) is 1. The first-order valence-corrected chi connectivity index (χ1v) is 7.69. The molecule has 0 bridgehead atoms. The van der Waals surface area contributed by atoms with Crippen LogP contribution in [0.3, 0.4) is 0 Å². The highest BCUT2D eigenvalue weighted by Crippen LogP contribution is 2.31. The van der Waals surface area contributed by atoms with Crippen LogP contribution in [0.15, 0.2) is 42.5 Å². The summed E-state index contributed by atoms with van der Waals surface area (Å²) in [5, 5.41) is 6.27. The fourth-order valence-corrected chi connectivity index (χ4v) is 2.74. The van der Waals surface area contributed by atoms with E-state index in [1.165, 1.54) is 16.3 Å². The minimum absolute atomic E-state index is 0.319. The van der Waals surface area contributed by atoms with Crippen molar-refractivity contribution in [1.82, 2.24) is 5.32 Å². The van der Waals surface area contributed by atoms with E-state index in [1.807, 2.05) is 0 Å². The molecule has 0 aliphatic carbocycles. The molecule has 1 heteroatoms. The van der Waals surface area contributed by atoms with Gasteiger partial charge < -0.3 is 5.32 Å². The highest BCUT2D eigenvalue weighted by Gasteiger charge is 2.24. The zero-order chi connectivity index (χ0) is 14.6. The normalized spacial score (nSPS) is 13.6. The van der Waals surface area contributed by atoms with Gasteiger partial charge in [-0.3, -0.25) is 0 Å². The van der Waals surface area contributed by atoms with Crippen molar-refractivity contribution >= 4 is 10.8 Å². The predicted molar refractivity (Wildman–Crippen MR) is 89.1 cm³/mol. The van der Waals surface area contributed by atoms with Crippen LogP contribution in [0.1, 0.15) is 33.3 Å². The summed E-state index contributed by atoms with van der Waals surface area (Å²) in [4.78, 5) is 0. The van der Waals surface area contributed by atoms with Gasteiger partial charge in [-0.2, -0.15) is 0 Å². The van der Waals surface area contributed by atoms with Crippen molar-refractivity contribution in [3.63, 3.8) is 0 Å². The van der Waals surface area contributed by atoms with E-state index in [2.05, 4.69) is 75.5 Å². The number of benzene rings is 2. The summed E-state index contributed by atoms with van der Waals surface area (Å²) in [6.45, 7) is 11.4. The minimum Gasteiger partial charge on any atom is -0.317 e. The van der Waals surface area contributed by atoms with Crippen molar-refractivity contribution in [3.8, 4) is 0 Å². The van der Waals surface area contributed by atoms with Crippen molar-refractivity contribution in [2.75, 3.05) is 13.1 Å². The second-order valence-corrected chi connectivity index (χ2v) is 6.71. The zero-order valence-electron chi connectivity index (χ0n) is 13.2. The van der Waals surface area contributed by atoms with Crippen LogP contribution in [-0.2, 0) is 6.42 Å². The van der Waals surface area contributed by atoms with Crippen LogP contribution in [0.5, 0.6) is 0 Å². The van der Waals surface area contributed by atoms with E-state index in [0.717, 1.165) is 19.5 Å². The van der Waals surface area contributed by atoms with Gasteiger partial charge in [0.25, 0.3) is 0 Å². The first-order valence-electron chi connectivity index (χ1n) is 7.69. The van der Waals surface area contributed by atoms with Crippen LogP contribution in [0, 0.1) is 11.3 Å². The Bertz CT molecular complexity index is 546. The van der Waals surface area contributed by atoms with Crippen LogP contribution in [-0.4, -0.2) is 13.1 Å². The maximum atomic E-state index is 3.52. The number of fused-ring (bicyclic) bond motifs is 1. The predicted octanol–water partition coefficient (Wildman–Crippen LogP) is 4.65. The molecule has 0 heterocycles. The maximum absolute atomic E-state index is 3.52. The molecule has 0 radical (unpaired) electrons. The second-order valence-electron chi connectivity index (χ2n) is 6.71. The molecule has 2 rings (SSSR count). The Labute approximate surface area is 123 Å². The van der Waals surface area contributed by atoms with Gasteiger partial charge in [-0.1, -0.05) is 70.2 Å². The lowest BCUT2D eigenvalue weighted by molar-refractivity contribution is 0.232. The average molecular weight is 269 g/mol. The van der Waals surface area contributed by atoms with Crippen molar-refractivity contribution in [1.29, 1.82) is 0 Å². The molecule has 20 heavy (non-hydrogen) atoms. The van der Waals surface area contributed by atoms with Gasteiger partial charge in [0.2, 0.25) is 0 Å². The van der Waals surface area contributed by atoms with E-state index in [4.69, 9.17) is 0 Å². The monoisotopic (exact) mass is 269 g/mol.